The molecule has 1 aromatic rings. The zero-order chi connectivity index (χ0) is 16.8. The molecule has 1 spiro atoms. The van der Waals surface area contributed by atoms with Crippen molar-refractivity contribution in [2.45, 2.75) is 63.5 Å². The fourth-order valence-corrected chi connectivity index (χ4v) is 5.83. The summed E-state index contributed by atoms with van der Waals surface area (Å²) >= 11 is 0. The fourth-order valence-electron chi connectivity index (χ4n) is 5.83. The van der Waals surface area contributed by atoms with E-state index in [-0.39, 0.29) is 23.9 Å². The minimum atomic E-state index is 0.0447. The summed E-state index contributed by atoms with van der Waals surface area (Å²) in [6.07, 6.45) is 10.7. The first-order chi connectivity index (χ1) is 12.1. The van der Waals surface area contributed by atoms with Crippen LogP contribution < -0.4 is 0 Å². The lowest BCUT2D eigenvalue weighted by molar-refractivity contribution is -0.142. The summed E-state index contributed by atoms with van der Waals surface area (Å²) in [7, 11) is 0. The standard InChI is InChI=1S/C20H24N2O3/c23-18(13-7-20(8-13)4-5-20)21-9-15-6-14(21)10-22(15)19(24)17-16-3-1-2-12(16)11-25-17/h11,13-15H,1-10H2/t14-,15-/m0/s1. The van der Waals surface area contributed by atoms with Gasteiger partial charge in [-0.2, -0.15) is 0 Å². The van der Waals surface area contributed by atoms with E-state index < -0.39 is 0 Å². The van der Waals surface area contributed by atoms with Gasteiger partial charge in [-0.15, -0.1) is 0 Å². The molecule has 5 heteroatoms. The Morgan fingerprint density at radius 2 is 1.84 bits per heavy atom. The predicted molar refractivity (Wildman–Crippen MR) is 90.1 cm³/mol. The monoisotopic (exact) mass is 340 g/mol. The van der Waals surface area contributed by atoms with Crippen LogP contribution in [0.5, 0.6) is 0 Å². The van der Waals surface area contributed by atoms with Gasteiger partial charge >= 0.3 is 0 Å². The Kier molecular flexibility index (Phi) is 2.70. The van der Waals surface area contributed by atoms with Crippen LogP contribution in [0, 0.1) is 11.3 Å². The molecule has 132 valence electrons. The van der Waals surface area contributed by atoms with Gasteiger partial charge in [0, 0.05) is 24.6 Å². The number of nitrogens with zero attached hydrogens (tertiary/aromatic N) is 2. The molecule has 2 saturated heterocycles. The lowest BCUT2D eigenvalue weighted by Crippen LogP contribution is -2.53. The van der Waals surface area contributed by atoms with Gasteiger partial charge in [0.05, 0.1) is 18.3 Å². The van der Waals surface area contributed by atoms with Crippen LogP contribution in [-0.4, -0.2) is 46.8 Å². The molecule has 0 unspecified atom stereocenters. The second-order valence-corrected chi connectivity index (χ2v) is 9.02. The van der Waals surface area contributed by atoms with E-state index in [1.165, 1.54) is 18.4 Å². The Hall–Kier alpha value is -1.78. The van der Waals surface area contributed by atoms with Gasteiger partial charge in [-0.3, -0.25) is 9.59 Å². The van der Waals surface area contributed by atoms with Gasteiger partial charge in [0.15, 0.2) is 5.76 Å². The third-order valence-corrected chi connectivity index (χ3v) is 7.50. The SMILES string of the molecule is O=C(c1occ2c1CCC2)N1C[C@@H]2C[C@H]1CN2C(=O)C1CC2(CC2)C1. The number of aryl methyl sites for hydroxylation is 1. The van der Waals surface area contributed by atoms with Crippen LogP contribution in [0.15, 0.2) is 10.7 Å². The zero-order valence-corrected chi connectivity index (χ0v) is 14.5. The van der Waals surface area contributed by atoms with Crippen LogP contribution in [-0.2, 0) is 17.6 Å². The highest BCUT2D eigenvalue weighted by atomic mass is 16.3. The predicted octanol–water partition coefficient (Wildman–Crippen LogP) is 2.38. The van der Waals surface area contributed by atoms with E-state index >= 15 is 0 Å². The lowest BCUT2D eigenvalue weighted by atomic mass is 9.71. The van der Waals surface area contributed by atoms with Crippen molar-refractivity contribution in [1.29, 1.82) is 0 Å². The summed E-state index contributed by atoms with van der Waals surface area (Å²) in [5, 5.41) is 0. The molecule has 4 fully saturated rings. The Balaban J connectivity index is 1.15. The number of piperazine rings is 1. The van der Waals surface area contributed by atoms with Gasteiger partial charge in [0.25, 0.3) is 5.91 Å². The summed E-state index contributed by atoms with van der Waals surface area (Å²) in [6.45, 7) is 1.41. The minimum Gasteiger partial charge on any atom is -0.459 e. The molecule has 5 aliphatic rings. The Labute approximate surface area is 147 Å². The molecule has 0 radical (unpaired) electrons. The second-order valence-electron chi connectivity index (χ2n) is 9.02. The summed E-state index contributed by atoms with van der Waals surface area (Å²) in [6, 6.07) is 0.402. The molecule has 2 aliphatic heterocycles. The average Bonchev–Trinajstić information content (AvgIpc) is 2.98. The fraction of sp³-hybridized carbons (Fsp3) is 0.700. The molecule has 3 aliphatic carbocycles. The third kappa shape index (κ3) is 1.95. The maximum absolute atomic E-state index is 13.0. The van der Waals surface area contributed by atoms with Gasteiger partial charge in [0.1, 0.15) is 0 Å². The molecule has 6 rings (SSSR count). The van der Waals surface area contributed by atoms with Crippen molar-refractivity contribution in [3.8, 4) is 0 Å². The number of furan rings is 1. The molecule has 2 bridgehead atoms. The summed E-state index contributed by atoms with van der Waals surface area (Å²) in [5.41, 5.74) is 2.91. The molecule has 0 aromatic carbocycles. The quantitative estimate of drug-likeness (QED) is 0.831. The first kappa shape index (κ1) is 14.4. The second kappa shape index (κ2) is 4.68. The van der Waals surface area contributed by atoms with Gasteiger partial charge in [0.2, 0.25) is 5.91 Å². The van der Waals surface area contributed by atoms with E-state index in [1.807, 2.05) is 4.90 Å². The molecule has 5 nitrogen and oxygen atoms in total. The van der Waals surface area contributed by atoms with Crippen molar-refractivity contribution in [2.75, 3.05) is 13.1 Å². The summed E-state index contributed by atoms with van der Waals surface area (Å²) in [5.74, 6) is 1.23. The van der Waals surface area contributed by atoms with E-state index in [9.17, 15) is 9.59 Å². The zero-order valence-electron chi connectivity index (χ0n) is 14.5. The number of likely N-dealkylation sites (tertiary alicyclic amines) is 2. The molecule has 2 amide bonds. The maximum atomic E-state index is 13.0. The van der Waals surface area contributed by atoms with E-state index in [0.717, 1.165) is 50.6 Å². The van der Waals surface area contributed by atoms with Gasteiger partial charge < -0.3 is 14.2 Å². The van der Waals surface area contributed by atoms with Crippen LogP contribution in [0.3, 0.4) is 0 Å². The van der Waals surface area contributed by atoms with Gasteiger partial charge in [-0.25, -0.2) is 0 Å². The normalized spacial score (nSPS) is 31.5. The van der Waals surface area contributed by atoms with Crippen molar-refractivity contribution < 1.29 is 14.0 Å². The van der Waals surface area contributed by atoms with E-state index in [2.05, 4.69) is 4.90 Å². The molecule has 25 heavy (non-hydrogen) atoms. The number of fused-ring (bicyclic) bond motifs is 3. The molecule has 1 aromatic heterocycles. The molecular formula is C20H24N2O3. The molecular weight excluding hydrogens is 316 g/mol. The van der Waals surface area contributed by atoms with Crippen LogP contribution in [0.2, 0.25) is 0 Å². The highest BCUT2D eigenvalue weighted by molar-refractivity contribution is 5.94. The van der Waals surface area contributed by atoms with E-state index in [4.69, 9.17) is 4.42 Å². The smallest absolute Gasteiger partial charge is 0.290 e. The number of rotatable bonds is 2. The molecule has 2 saturated carbocycles. The van der Waals surface area contributed by atoms with Crippen LogP contribution >= 0.6 is 0 Å². The minimum absolute atomic E-state index is 0.0447. The van der Waals surface area contributed by atoms with Gasteiger partial charge in [-0.05, 0) is 62.3 Å². The van der Waals surface area contributed by atoms with E-state index in [1.54, 1.807) is 6.26 Å². The summed E-state index contributed by atoms with van der Waals surface area (Å²) in [4.78, 5) is 29.8. The van der Waals surface area contributed by atoms with Crippen LogP contribution in [0.25, 0.3) is 0 Å². The Morgan fingerprint density at radius 3 is 2.56 bits per heavy atom. The topological polar surface area (TPSA) is 53.8 Å². The lowest BCUT2D eigenvalue weighted by Gasteiger charge is -2.41. The van der Waals surface area contributed by atoms with Crippen molar-refractivity contribution in [1.82, 2.24) is 9.80 Å². The number of hydrogen-bond donors (Lipinski definition) is 0. The van der Waals surface area contributed by atoms with Crippen LogP contribution in [0.1, 0.15) is 60.2 Å². The van der Waals surface area contributed by atoms with E-state index in [0.29, 0.717) is 23.6 Å². The highest BCUT2D eigenvalue weighted by Gasteiger charge is 2.57. The Morgan fingerprint density at radius 1 is 1.08 bits per heavy atom. The number of hydrogen-bond acceptors (Lipinski definition) is 3. The highest BCUT2D eigenvalue weighted by Crippen LogP contribution is 2.63. The molecule has 3 heterocycles. The number of carbonyl (C=O) groups excluding carboxylic acids is 2. The van der Waals surface area contributed by atoms with Crippen molar-refractivity contribution >= 4 is 11.8 Å². The molecule has 0 N–H and O–H groups in total. The first-order valence-electron chi connectivity index (χ1n) is 9.84. The first-order valence-corrected chi connectivity index (χ1v) is 9.84. The largest absolute Gasteiger partial charge is 0.459 e. The average molecular weight is 340 g/mol. The van der Waals surface area contributed by atoms with Crippen LogP contribution in [0.4, 0.5) is 0 Å². The Bertz CT molecular complexity index is 770. The summed E-state index contributed by atoms with van der Waals surface area (Å²) < 4.78 is 5.62. The molecule has 2 atom stereocenters. The number of carbonyl (C=O) groups is 2. The number of amides is 2. The van der Waals surface area contributed by atoms with Crippen molar-refractivity contribution in [2.24, 2.45) is 11.3 Å². The van der Waals surface area contributed by atoms with Crippen molar-refractivity contribution in [3.63, 3.8) is 0 Å². The third-order valence-electron chi connectivity index (χ3n) is 7.50. The van der Waals surface area contributed by atoms with Crippen molar-refractivity contribution in [3.05, 3.63) is 23.2 Å². The maximum Gasteiger partial charge on any atom is 0.290 e. The van der Waals surface area contributed by atoms with Gasteiger partial charge in [-0.1, -0.05) is 0 Å².